The number of carbonyl (C=O) groups excluding carboxylic acids is 2. The van der Waals surface area contributed by atoms with Gasteiger partial charge in [0.15, 0.2) is 11.5 Å². The highest BCUT2D eigenvalue weighted by molar-refractivity contribution is 5.78. The Bertz CT molecular complexity index is 558. The summed E-state index contributed by atoms with van der Waals surface area (Å²) in [6.07, 6.45) is 0.291. The number of methoxy groups -OCH3 is 2. The SMILES string of the molecule is COc1ccc(CNC(=O)CCN(CC(C)C)C(C)=O)cc1OC. The Morgan fingerprint density at radius 3 is 2.38 bits per heavy atom. The molecule has 1 N–H and O–H groups in total. The van der Waals surface area contributed by atoms with E-state index >= 15 is 0 Å². The van der Waals surface area contributed by atoms with Gasteiger partial charge in [0.2, 0.25) is 11.8 Å². The Morgan fingerprint density at radius 1 is 1.17 bits per heavy atom. The maximum absolute atomic E-state index is 12.0. The highest BCUT2D eigenvalue weighted by atomic mass is 16.5. The van der Waals surface area contributed by atoms with Gasteiger partial charge in [0.05, 0.1) is 14.2 Å². The van der Waals surface area contributed by atoms with E-state index < -0.39 is 0 Å². The van der Waals surface area contributed by atoms with Gasteiger partial charge < -0.3 is 19.7 Å². The van der Waals surface area contributed by atoms with Crippen molar-refractivity contribution < 1.29 is 19.1 Å². The molecule has 134 valence electrons. The summed E-state index contributed by atoms with van der Waals surface area (Å²) < 4.78 is 10.4. The minimum absolute atomic E-state index is 0.00334. The zero-order valence-electron chi connectivity index (χ0n) is 15.2. The van der Waals surface area contributed by atoms with Gasteiger partial charge in [-0.2, -0.15) is 0 Å². The van der Waals surface area contributed by atoms with Gasteiger partial charge in [-0.1, -0.05) is 19.9 Å². The maximum atomic E-state index is 12.0. The highest BCUT2D eigenvalue weighted by Crippen LogP contribution is 2.27. The molecule has 2 amide bonds. The van der Waals surface area contributed by atoms with E-state index in [1.165, 1.54) is 6.92 Å². The molecule has 6 heteroatoms. The maximum Gasteiger partial charge on any atom is 0.222 e. The Labute approximate surface area is 144 Å². The first-order valence-electron chi connectivity index (χ1n) is 8.10. The van der Waals surface area contributed by atoms with Crippen LogP contribution in [0.2, 0.25) is 0 Å². The lowest BCUT2D eigenvalue weighted by Crippen LogP contribution is -2.36. The van der Waals surface area contributed by atoms with Gasteiger partial charge in [0.1, 0.15) is 0 Å². The summed E-state index contributed by atoms with van der Waals surface area (Å²) >= 11 is 0. The van der Waals surface area contributed by atoms with E-state index in [2.05, 4.69) is 5.32 Å². The Hall–Kier alpha value is -2.24. The van der Waals surface area contributed by atoms with Crippen molar-refractivity contribution in [3.8, 4) is 11.5 Å². The molecular weight excluding hydrogens is 308 g/mol. The molecule has 0 aromatic heterocycles. The van der Waals surface area contributed by atoms with Gasteiger partial charge in [-0.25, -0.2) is 0 Å². The van der Waals surface area contributed by atoms with Crippen LogP contribution in [0.4, 0.5) is 0 Å². The average Bonchev–Trinajstić information content (AvgIpc) is 2.55. The molecule has 6 nitrogen and oxygen atoms in total. The van der Waals surface area contributed by atoms with Crippen LogP contribution in [0.25, 0.3) is 0 Å². The normalized spacial score (nSPS) is 10.4. The lowest BCUT2D eigenvalue weighted by molar-refractivity contribution is -0.130. The third-order valence-electron chi connectivity index (χ3n) is 3.58. The molecule has 0 saturated carbocycles. The topological polar surface area (TPSA) is 67.9 Å². The van der Waals surface area contributed by atoms with Crippen LogP contribution in [0.1, 0.15) is 32.8 Å². The number of hydrogen-bond donors (Lipinski definition) is 1. The Balaban J connectivity index is 2.50. The summed E-state index contributed by atoms with van der Waals surface area (Å²) in [5.41, 5.74) is 0.923. The first-order chi connectivity index (χ1) is 11.4. The van der Waals surface area contributed by atoms with Crippen LogP contribution >= 0.6 is 0 Å². The molecule has 0 unspecified atom stereocenters. The first-order valence-corrected chi connectivity index (χ1v) is 8.10. The van der Waals surface area contributed by atoms with E-state index in [0.29, 0.717) is 43.5 Å². The fraction of sp³-hybridized carbons (Fsp3) is 0.556. The minimum Gasteiger partial charge on any atom is -0.493 e. The highest BCUT2D eigenvalue weighted by Gasteiger charge is 2.12. The van der Waals surface area contributed by atoms with Gasteiger partial charge in [-0.05, 0) is 23.6 Å². The standard InChI is InChI=1S/C18H28N2O4/c1-13(2)12-20(14(3)21)9-8-18(22)19-11-15-6-7-16(23-4)17(10-15)24-5/h6-7,10,13H,8-9,11-12H2,1-5H3,(H,19,22). The second-order valence-corrected chi connectivity index (χ2v) is 6.07. The summed E-state index contributed by atoms with van der Waals surface area (Å²) in [7, 11) is 3.16. The van der Waals surface area contributed by atoms with Gasteiger partial charge >= 0.3 is 0 Å². The Kier molecular flexibility index (Phi) is 8.09. The molecule has 24 heavy (non-hydrogen) atoms. The van der Waals surface area contributed by atoms with E-state index in [1.54, 1.807) is 25.2 Å². The van der Waals surface area contributed by atoms with Crippen LogP contribution in [0, 0.1) is 5.92 Å². The average molecular weight is 336 g/mol. The Morgan fingerprint density at radius 2 is 1.83 bits per heavy atom. The molecule has 0 saturated heterocycles. The largest absolute Gasteiger partial charge is 0.493 e. The van der Waals surface area contributed by atoms with Crippen molar-refractivity contribution in [2.24, 2.45) is 5.92 Å². The monoisotopic (exact) mass is 336 g/mol. The third-order valence-corrected chi connectivity index (χ3v) is 3.58. The number of carbonyl (C=O) groups is 2. The zero-order valence-corrected chi connectivity index (χ0v) is 15.2. The molecular formula is C18H28N2O4. The molecule has 1 rings (SSSR count). The van der Waals surface area contributed by atoms with Gasteiger partial charge in [-0.3, -0.25) is 9.59 Å². The van der Waals surface area contributed by atoms with E-state index in [9.17, 15) is 9.59 Å². The van der Waals surface area contributed by atoms with Crippen LogP contribution in [-0.2, 0) is 16.1 Å². The molecule has 0 fully saturated rings. The fourth-order valence-electron chi connectivity index (χ4n) is 2.33. The van der Waals surface area contributed by atoms with Crippen molar-refractivity contribution in [1.29, 1.82) is 0 Å². The molecule has 0 radical (unpaired) electrons. The number of ether oxygens (including phenoxy) is 2. The number of hydrogen-bond acceptors (Lipinski definition) is 4. The number of rotatable bonds is 9. The predicted octanol–water partition coefficient (Wildman–Crippen LogP) is 2.21. The summed E-state index contributed by atoms with van der Waals surface area (Å²) in [5.74, 6) is 1.57. The smallest absolute Gasteiger partial charge is 0.222 e. The van der Waals surface area contributed by atoms with Crippen LogP contribution in [0.5, 0.6) is 11.5 Å². The molecule has 1 aromatic carbocycles. The number of nitrogens with one attached hydrogen (secondary N) is 1. The second-order valence-electron chi connectivity index (χ2n) is 6.07. The lowest BCUT2D eigenvalue weighted by atomic mass is 10.2. The molecule has 0 atom stereocenters. The number of nitrogens with zero attached hydrogens (tertiary/aromatic N) is 1. The molecule has 0 bridgehead atoms. The first kappa shape index (κ1) is 19.8. The van der Waals surface area contributed by atoms with Crippen LogP contribution < -0.4 is 14.8 Å². The summed E-state index contributed by atoms with van der Waals surface area (Å²) in [6, 6.07) is 5.52. The molecule has 0 aliphatic heterocycles. The summed E-state index contributed by atoms with van der Waals surface area (Å²) in [6.45, 7) is 7.14. The molecule has 0 heterocycles. The van der Waals surface area contributed by atoms with E-state index in [0.717, 1.165) is 5.56 Å². The van der Waals surface area contributed by atoms with Crippen molar-refractivity contribution >= 4 is 11.8 Å². The van der Waals surface area contributed by atoms with Crippen LogP contribution in [0.3, 0.4) is 0 Å². The van der Waals surface area contributed by atoms with Gasteiger partial charge in [0, 0.05) is 33.0 Å². The summed E-state index contributed by atoms with van der Waals surface area (Å²) in [4.78, 5) is 25.3. The zero-order chi connectivity index (χ0) is 18.1. The van der Waals surface area contributed by atoms with E-state index in [4.69, 9.17) is 9.47 Å². The van der Waals surface area contributed by atoms with Crippen molar-refractivity contribution in [2.45, 2.75) is 33.7 Å². The second kappa shape index (κ2) is 9.80. The van der Waals surface area contributed by atoms with E-state index in [-0.39, 0.29) is 11.8 Å². The quantitative estimate of drug-likeness (QED) is 0.751. The van der Waals surface area contributed by atoms with Crippen molar-refractivity contribution in [3.63, 3.8) is 0 Å². The predicted molar refractivity (Wildman–Crippen MR) is 93.1 cm³/mol. The van der Waals surface area contributed by atoms with E-state index in [1.807, 2.05) is 26.0 Å². The number of amides is 2. The minimum atomic E-state index is -0.0835. The molecule has 0 aliphatic rings. The lowest BCUT2D eigenvalue weighted by Gasteiger charge is -2.22. The molecule has 0 spiro atoms. The molecule has 1 aromatic rings. The van der Waals surface area contributed by atoms with Gasteiger partial charge in [-0.15, -0.1) is 0 Å². The van der Waals surface area contributed by atoms with Gasteiger partial charge in [0.25, 0.3) is 0 Å². The third kappa shape index (κ3) is 6.48. The van der Waals surface area contributed by atoms with Crippen LogP contribution in [-0.4, -0.2) is 44.0 Å². The van der Waals surface area contributed by atoms with Crippen LogP contribution in [0.15, 0.2) is 18.2 Å². The summed E-state index contributed by atoms with van der Waals surface area (Å²) in [5, 5.41) is 2.86. The van der Waals surface area contributed by atoms with Crippen molar-refractivity contribution in [2.75, 3.05) is 27.3 Å². The van der Waals surface area contributed by atoms with Crippen molar-refractivity contribution in [3.05, 3.63) is 23.8 Å². The van der Waals surface area contributed by atoms with Crippen molar-refractivity contribution in [1.82, 2.24) is 10.2 Å². The fourth-order valence-corrected chi connectivity index (χ4v) is 2.33. The number of benzene rings is 1. The molecule has 0 aliphatic carbocycles.